The molecule has 158 valence electrons. The van der Waals surface area contributed by atoms with Crippen molar-refractivity contribution in [3.63, 3.8) is 0 Å². The van der Waals surface area contributed by atoms with Crippen LogP contribution in [0.3, 0.4) is 0 Å². The van der Waals surface area contributed by atoms with Crippen LogP contribution in [0, 0.1) is 0 Å². The summed E-state index contributed by atoms with van der Waals surface area (Å²) < 4.78 is 6.61. The van der Waals surface area contributed by atoms with Gasteiger partial charge in [-0.3, -0.25) is 0 Å². The summed E-state index contributed by atoms with van der Waals surface area (Å²) in [6.45, 7) is 9.37. The van der Waals surface area contributed by atoms with Crippen molar-refractivity contribution in [3.05, 3.63) is 0 Å². The first-order valence-electron chi connectivity index (χ1n) is 12.0. The summed E-state index contributed by atoms with van der Waals surface area (Å²) >= 11 is 0. The highest BCUT2D eigenvalue weighted by Gasteiger charge is 2.20. The molecule has 0 aliphatic rings. The Morgan fingerprint density at radius 2 is 0.846 bits per heavy atom. The molecule has 0 aliphatic carbocycles. The molecule has 0 amide bonds. The molecule has 0 fully saturated rings. The van der Waals surface area contributed by atoms with Crippen LogP contribution in [0.25, 0.3) is 0 Å². The van der Waals surface area contributed by atoms with Crippen LogP contribution >= 0.6 is 0 Å². The third kappa shape index (κ3) is 17.3. The first-order chi connectivity index (χ1) is 12.7. The summed E-state index contributed by atoms with van der Waals surface area (Å²) in [4.78, 5) is 0. The van der Waals surface area contributed by atoms with E-state index in [9.17, 15) is 0 Å². The Bertz CT molecular complexity index is 247. The number of quaternary nitrogens is 1. The minimum absolute atomic E-state index is 0.907. The predicted octanol–water partition coefficient (Wildman–Crippen LogP) is 7.36. The summed E-state index contributed by atoms with van der Waals surface area (Å²) in [7, 11) is 4.30. The molecule has 0 aromatic heterocycles. The summed E-state index contributed by atoms with van der Waals surface area (Å²) in [6, 6.07) is 0. The highest BCUT2D eigenvalue weighted by Crippen LogP contribution is 2.14. The lowest BCUT2D eigenvalue weighted by molar-refractivity contribution is -0.910. The second-order valence-electron chi connectivity index (χ2n) is 8.73. The van der Waals surface area contributed by atoms with Crippen LogP contribution in [0.15, 0.2) is 0 Å². The van der Waals surface area contributed by atoms with Gasteiger partial charge in [0.05, 0.1) is 26.7 Å². The van der Waals surface area contributed by atoms with Crippen molar-refractivity contribution in [3.8, 4) is 0 Å². The Morgan fingerprint density at radius 3 is 1.19 bits per heavy atom. The van der Waals surface area contributed by atoms with Crippen LogP contribution < -0.4 is 0 Å². The highest BCUT2D eigenvalue weighted by molar-refractivity contribution is 4.50. The molecule has 0 aromatic carbocycles. The van der Waals surface area contributed by atoms with Crippen molar-refractivity contribution >= 4 is 0 Å². The Balaban J connectivity index is 3.78. The minimum atomic E-state index is 0.907. The number of likely N-dealkylation sites (N-methyl/N-ethyl adjacent to an activating group) is 1. The maximum absolute atomic E-state index is 5.39. The molecule has 0 rings (SSSR count). The van der Waals surface area contributed by atoms with Crippen molar-refractivity contribution in [1.82, 2.24) is 0 Å². The first-order valence-corrected chi connectivity index (χ1v) is 12.0. The van der Waals surface area contributed by atoms with E-state index in [0.717, 1.165) is 6.61 Å². The van der Waals surface area contributed by atoms with Crippen molar-refractivity contribution in [1.29, 1.82) is 0 Å². The SMILES string of the molecule is CCCCCCCCCC[N+](C)(CCCCCCCCCC)CCOC. The van der Waals surface area contributed by atoms with Crippen LogP contribution in [0.1, 0.15) is 117 Å². The Hall–Kier alpha value is -0.0800. The summed E-state index contributed by atoms with van der Waals surface area (Å²) in [5.41, 5.74) is 0. The first kappa shape index (κ1) is 25.9. The smallest absolute Gasteiger partial charge is 0.102 e. The van der Waals surface area contributed by atoms with E-state index in [1.807, 2.05) is 7.11 Å². The lowest BCUT2D eigenvalue weighted by Crippen LogP contribution is -2.47. The molecule has 0 aliphatic heterocycles. The molecule has 0 unspecified atom stereocenters. The van der Waals surface area contributed by atoms with Gasteiger partial charge in [-0.1, -0.05) is 90.9 Å². The maximum Gasteiger partial charge on any atom is 0.102 e. The van der Waals surface area contributed by atoms with E-state index < -0.39 is 0 Å². The van der Waals surface area contributed by atoms with E-state index in [0.29, 0.717) is 0 Å². The van der Waals surface area contributed by atoms with E-state index in [1.165, 1.54) is 127 Å². The fraction of sp³-hybridized carbons (Fsp3) is 1.00. The molecule has 0 heterocycles. The Labute approximate surface area is 166 Å². The van der Waals surface area contributed by atoms with Crippen molar-refractivity contribution in [2.24, 2.45) is 0 Å². The van der Waals surface area contributed by atoms with E-state index in [2.05, 4.69) is 20.9 Å². The molecule has 0 saturated heterocycles. The zero-order valence-corrected chi connectivity index (χ0v) is 19.0. The van der Waals surface area contributed by atoms with Gasteiger partial charge in [0.1, 0.15) is 6.54 Å². The van der Waals surface area contributed by atoms with Gasteiger partial charge in [-0.2, -0.15) is 0 Å². The van der Waals surface area contributed by atoms with Crippen LogP contribution in [-0.2, 0) is 4.74 Å². The van der Waals surface area contributed by atoms with Gasteiger partial charge in [0, 0.05) is 7.11 Å². The molecular weight excluding hydrogens is 318 g/mol. The molecule has 0 N–H and O–H groups in total. The number of ether oxygens (including phenoxy) is 1. The van der Waals surface area contributed by atoms with Gasteiger partial charge in [0.15, 0.2) is 0 Å². The maximum atomic E-state index is 5.39. The fourth-order valence-electron chi connectivity index (χ4n) is 3.90. The number of rotatable bonds is 21. The van der Waals surface area contributed by atoms with E-state index >= 15 is 0 Å². The van der Waals surface area contributed by atoms with Gasteiger partial charge in [-0.25, -0.2) is 0 Å². The Morgan fingerprint density at radius 1 is 0.500 bits per heavy atom. The van der Waals surface area contributed by atoms with Crippen LogP contribution in [-0.4, -0.2) is 44.9 Å². The van der Waals surface area contributed by atoms with Crippen molar-refractivity contribution in [2.45, 2.75) is 117 Å². The van der Waals surface area contributed by atoms with E-state index in [-0.39, 0.29) is 0 Å². The molecule has 0 bridgehead atoms. The van der Waals surface area contributed by atoms with E-state index in [4.69, 9.17) is 4.74 Å². The third-order valence-electron chi connectivity index (χ3n) is 5.94. The number of unbranched alkanes of at least 4 members (excludes halogenated alkanes) is 14. The van der Waals surface area contributed by atoms with Gasteiger partial charge in [0.2, 0.25) is 0 Å². The molecule has 0 atom stereocenters. The Kier molecular flexibility index (Phi) is 19.6. The standard InChI is InChI=1S/C24H52NO/c1-5-7-9-11-13-15-17-19-21-25(3,23-24-26-4)22-20-18-16-14-12-10-8-6-2/h5-24H2,1-4H3/q+1. The van der Waals surface area contributed by atoms with Gasteiger partial charge in [0.25, 0.3) is 0 Å². The summed E-state index contributed by atoms with van der Waals surface area (Å²) in [5.74, 6) is 0. The normalized spacial score (nSPS) is 12.0. The lowest BCUT2D eigenvalue weighted by atomic mass is 10.1. The number of hydrogen-bond acceptors (Lipinski definition) is 1. The van der Waals surface area contributed by atoms with Gasteiger partial charge in [-0.05, 0) is 25.7 Å². The molecular formula is C24H52NO+. The number of hydrogen-bond donors (Lipinski definition) is 0. The minimum Gasteiger partial charge on any atom is -0.379 e. The van der Waals surface area contributed by atoms with E-state index in [1.54, 1.807) is 0 Å². The molecule has 26 heavy (non-hydrogen) atoms. The molecule has 0 spiro atoms. The molecule has 0 aromatic rings. The van der Waals surface area contributed by atoms with Gasteiger partial charge in [-0.15, -0.1) is 0 Å². The van der Waals surface area contributed by atoms with Crippen LogP contribution in [0.4, 0.5) is 0 Å². The van der Waals surface area contributed by atoms with Crippen molar-refractivity contribution in [2.75, 3.05) is 40.4 Å². The van der Waals surface area contributed by atoms with Crippen LogP contribution in [0.5, 0.6) is 0 Å². The third-order valence-corrected chi connectivity index (χ3v) is 5.94. The molecule has 0 saturated carbocycles. The quantitative estimate of drug-likeness (QED) is 0.151. The average Bonchev–Trinajstić information content (AvgIpc) is 2.64. The fourth-order valence-corrected chi connectivity index (χ4v) is 3.90. The zero-order chi connectivity index (χ0) is 19.3. The summed E-state index contributed by atoms with van der Waals surface area (Å²) in [5, 5.41) is 0. The average molecular weight is 371 g/mol. The topological polar surface area (TPSA) is 9.23 Å². The zero-order valence-electron chi connectivity index (χ0n) is 19.0. The molecule has 2 heteroatoms. The lowest BCUT2D eigenvalue weighted by Gasteiger charge is -2.34. The summed E-state index contributed by atoms with van der Waals surface area (Å²) in [6.07, 6.45) is 22.7. The highest BCUT2D eigenvalue weighted by atomic mass is 16.5. The number of methoxy groups -OCH3 is 1. The van der Waals surface area contributed by atoms with Gasteiger partial charge >= 0.3 is 0 Å². The largest absolute Gasteiger partial charge is 0.379 e. The monoisotopic (exact) mass is 370 g/mol. The molecule has 2 nitrogen and oxygen atoms in total. The molecule has 0 radical (unpaired) electrons. The number of nitrogens with zero attached hydrogens (tertiary/aromatic N) is 1. The predicted molar refractivity (Wildman–Crippen MR) is 118 cm³/mol. The van der Waals surface area contributed by atoms with Crippen LogP contribution in [0.2, 0.25) is 0 Å². The second kappa shape index (κ2) is 19.7. The second-order valence-corrected chi connectivity index (χ2v) is 8.73. The van der Waals surface area contributed by atoms with Gasteiger partial charge < -0.3 is 9.22 Å². The van der Waals surface area contributed by atoms with Crippen molar-refractivity contribution < 1.29 is 9.22 Å².